The van der Waals surface area contributed by atoms with Gasteiger partial charge in [0.05, 0.1) is 12.1 Å². The first-order valence-corrected chi connectivity index (χ1v) is 7.58. The Morgan fingerprint density at radius 3 is 2.64 bits per heavy atom. The lowest BCUT2D eigenvalue weighted by atomic mass is 9.91. The normalized spacial score (nSPS) is 22.0. The second-order valence-electron chi connectivity index (χ2n) is 7.05. The van der Waals surface area contributed by atoms with Gasteiger partial charge in [0.25, 0.3) is 0 Å². The quantitative estimate of drug-likeness (QED) is 0.858. The number of likely N-dealkylation sites (tertiary alicyclic amines) is 1. The molecule has 0 aliphatic carbocycles. The molecule has 1 fully saturated rings. The van der Waals surface area contributed by atoms with Crippen molar-refractivity contribution in [3.63, 3.8) is 0 Å². The molecule has 22 heavy (non-hydrogen) atoms. The number of carbonyl (C=O) groups is 2. The van der Waals surface area contributed by atoms with Crippen LogP contribution < -0.4 is 0 Å². The molecule has 6 heteroatoms. The van der Waals surface area contributed by atoms with Crippen LogP contribution in [0, 0.1) is 18.8 Å². The van der Waals surface area contributed by atoms with Crippen LogP contribution in [-0.4, -0.2) is 40.6 Å². The van der Waals surface area contributed by atoms with Gasteiger partial charge in [-0.25, -0.2) is 4.79 Å². The number of carbonyl (C=O) groups excluding carboxylic acids is 2. The van der Waals surface area contributed by atoms with Crippen LogP contribution in [0.2, 0.25) is 0 Å². The molecule has 1 aromatic heterocycles. The minimum atomic E-state index is -0.528. The summed E-state index contributed by atoms with van der Waals surface area (Å²) in [6, 6.07) is 1.77. The number of aryl methyl sites for hydroxylation is 1. The number of rotatable bonds is 3. The average Bonchev–Trinajstić information content (AvgIpc) is 2.93. The standard InChI is InChI=1S/C16H24N2O4/c1-10-8-18(15(20)21-16(3,4)5)9-13(10)14(19)7-12-6-11(2)17-22-12/h6,10,13H,7-9H2,1-5H3/t10-,13-/m0/s1. The van der Waals surface area contributed by atoms with E-state index in [1.165, 1.54) is 0 Å². The summed E-state index contributed by atoms with van der Waals surface area (Å²) < 4.78 is 10.5. The minimum Gasteiger partial charge on any atom is -0.444 e. The summed E-state index contributed by atoms with van der Waals surface area (Å²) in [6.07, 6.45) is -0.136. The number of Topliss-reactive ketones (excluding diaryl/α,β-unsaturated/α-hetero) is 1. The Kier molecular flexibility index (Phi) is 4.58. The molecule has 0 radical (unpaired) electrons. The Morgan fingerprint density at radius 1 is 1.41 bits per heavy atom. The van der Waals surface area contributed by atoms with E-state index in [2.05, 4.69) is 5.16 Å². The van der Waals surface area contributed by atoms with Crippen LogP contribution in [0.4, 0.5) is 4.79 Å². The largest absolute Gasteiger partial charge is 0.444 e. The number of aromatic nitrogens is 1. The van der Waals surface area contributed by atoms with E-state index in [4.69, 9.17) is 9.26 Å². The first-order valence-electron chi connectivity index (χ1n) is 7.58. The van der Waals surface area contributed by atoms with E-state index in [9.17, 15) is 9.59 Å². The molecule has 0 spiro atoms. The predicted octanol–water partition coefficient (Wildman–Crippen LogP) is 2.60. The van der Waals surface area contributed by atoms with Gasteiger partial charge in [0, 0.05) is 25.1 Å². The monoisotopic (exact) mass is 308 g/mol. The van der Waals surface area contributed by atoms with E-state index in [0.717, 1.165) is 5.69 Å². The molecule has 1 aromatic rings. The fraction of sp³-hybridized carbons (Fsp3) is 0.688. The maximum absolute atomic E-state index is 12.4. The van der Waals surface area contributed by atoms with Crippen LogP contribution in [0.3, 0.4) is 0 Å². The SMILES string of the molecule is Cc1cc(CC(=O)[C@H]2CN(C(=O)OC(C)(C)C)C[C@@H]2C)on1. The topological polar surface area (TPSA) is 72.6 Å². The van der Waals surface area contributed by atoms with Crippen LogP contribution in [-0.2, 0) is 16.0 Å². The molecule has 122 valence electrons. The summed E-state index contributed by atoms with van der Waals surface area (Å²) in [6.45, 7) is 10.2. The lowest BCUT2D eigenvalue weighted by Gasteiger charge is -2.24. The second-order valence-corrected chi connectivity index (χ2v) is 7.05. The lowest BCUT2D eigenvalue weighted by molar-refractivity contribution is -0.123. The van der Waals surface area contributed by atoms with E-state index >= 15 is 0 Å². The third-order valence-corrected chi connectivity index (χ3v) is 3.70. The van der Waals surface area contributed by atoms with Crippen LogP contribution >= 0.6 is 0 Å². The Labute approximate surface area is 130 Å². The van der Waals surface area contributed by atoms with Crippen molar-refractivity contribution in [1.29, 1.82) is 0 Å². The van der Waals surface area contributed by atoms with Crippen molar-refractivity contribution < 1.29 is 18.8 Å². The maximum atomic E-state index is 12.4. The van der Waals surface area contributed by atoms with E-state index in [1.54, 1.807) is 11.0 Å². The smallest absolute Gasteiger partial charge is 0.410 e. The fourth-order valence-corrected chi connectivity index (χ4v) is 2.66. The summed E-state index contributed by atoms with van der Waals surface area (Å²) in [4.78, 5) is 26.1. The van der Waals surface area contributed by atoms with Gasteiger partial charge < -0.3 is 14.2 Å². The van der Waals surface area contributed by atoms with Gasteiger partial charge >= 0.3 is 6.09 Å². The highest BCUT2D eigenvalue weighted by atomic mass is 16.6. The van der Waals surface area contributed by atoms with Gasteiger partial charge in [-0.3, -0.25) is 4.79 Å². The molecule has 2 rings (SSSR count). The summed E-state index contributed by atoms with van der Waals surface area (Å²) >= 11 is 0. The third kappa shape index (κ3) is 4.08. The van der Waals surface area contributed by atoms with E-state index in [1.807, 2.05) is 34.6 Å². The summed E-state index contributed by atoms with van der Waals surface area (Å²) in [5.41, 5.74) is 0.234. The molecule has 6 nitrogen and oxygen atoms in total. The molecule has 1 amide bonds. The molecule has 0 unspecified atom stereocenters. The Balaban J connectivity index is 1.95. The maximum Gasteiger partial charge on any atom is 0.410 e. The number of ketones is 1. The number of nitrogens with zero attached hydrogens (tertiary/aromatic N) is 2. The molecule has 1 aliphatic rings. The lowest BCUT2D eigenvalue weighted by Crippen LogP contribution is -2.36. The van der Waals surface area contributed by atoms with E-state index < -0.39 is 5.60 Å². The fourth-order valence-electron chi connectivity index (χ4n) is 2.66. The van der Waals surface area contributed by atoms with Gasteiger partial charge in [-0.1, -0.05) is 12.1 Å². The minimum absolute atomic E-state index is 0.0784. The molecule has 0 saturated carbocycles. The number of hydrogen-bond donors (Lipinski definition) is 0. The molecular formula is C16H24N2O4. The van der Waals surface area contributed by atoms with Gasteiger partial charge in [-0.05, 0) is 33.6 Å². The summed E-state index contributed by atoms with van der Waals surface area (Å²) in [7, 11) is 0. The van der Waals surface area contributed by atoms with Crippen molar-refractivity contribution in [3.8, 4) is 0 Å². The zero-order chi connectivity index (χ0) is 16.5. The highest BCUT2D eigenvalue weighted by Crippen LogP contribution is 2.26. The highest BCUT2D eigenvalue weighted by Gasteiger charge is 2.38. The molecule has 1 saturated heterocycles. The highest BCUT2D eigenvalue weighted by molar-refractivity contribution is 5.84. The first-order chi connectivity index (χ1) is 10.2. The molecule has 0 bridgehead atoms. The van der Waals surface area contributed by atoms with Crippen molar-refractivity contribution in [3.05, 3.63) is 17.5 Å². The van der Waals surface area contributed by atoms with Gasteiger partial charge in [0.15, 0.2) is 0 Å². The van der Waals surface area contributed by atoms with Crippen molar-refractivity contribution in [2.24, 2.45) is 11.8 Å². The van der Waals surface area contributed by atoms with Crippen molar-refractivity contribution in [2.45, 2.75) is 46.6 Å². The molecule has 2 heterocycles. The van der Waals surface area contributed by atoms with Gasteiger partial charge in [-0.15, -0.1) is 0 Å². The number of hydrogen-bond acceptors (Lipinski definition) is 5. The number of amides is 1. The van der Waals surface area contributed by atoms with E-state index in [0.29, 0.717) is 18.8 Å². The van der Waals surface area contributed by atoms with Gasteiger partial charge in [-0.2, -0.15) is 0 Å². The van der Waals surface area contributed by atoms with Crippen LogP contribution in [0.5, 0.6) is 0 Å². The van der Waals surface area contributed by atoms with E-state index in [-0.39, 0.29) is 30.1 Å². The Hall–Kier alpha value is -1.85. The van der Waals surface area contributed by atoms with Gasteiger partial charge in [0.1, 0.15) is 17.1 Å². The molecule has 0 aromatic carbocycles. The molecule has 2 atom stereocenters. The van der Waals surface area contributed by atoms with Crippen molar-refractivity contribution in [2.75, 3.05) is 13.1 Å². The summed E-state index contributed by atoms with van der Waals surface area (Å²) in [5, 5.41) is 3.79. The number of ether oxygens (including phenoxy) is 1. The van der Waals surface area contributed by atoms with Crippen LogP contribution in [0.25, 0.3) is 0 Å². The van der Waals surface area contributed by atoms with Crippen molar-refractivity contribution in [1.82, 2.24) is 10.1 Å². The zero-order valence-electron chi connectivity index (χ0n) is 13.9. The predicted molar refractivity (Wildman–Crippen MR) is 80.4 cm³/mol. The molecule has 0 N–H and O–H groups in total. The van der Waals surface area contributed by atoms with Gasteiger partial charge in [0.2, 0.25) is 0 Å². The third-order valence-electron chi connectivity index (χ3n) is 3.70. The Morgan fingerprint density at radius 2 is 2.09 bits per heavy atom. The molecular weight excluding hydrogens is 284 g/mol. The summed E-state index contributed by atoms with van der Waals surface area (Å²) in [5.74, 6) is 0.585. The van der Waals surface area contributed by atoms with Crippen LogP contribution in [0.1, 0.15) is 39.1 Å². The first kappa shape index (κ1) is 16.5. The zero-order valence-corrected chi connectivity index (χ0v) is 13.9. The second kappa shape index (κ2) is 6.10. The van der Waals surface area contributed by atoms with Crippen LogP contribution in [0.15, 0.2) is 10.6 Å². The molecule has 1 aliphatic heterocycles. The average molecular weight is 308 g/mol. The Bertz CT molecular complexity index is 559. The van der Waals surface area contributed by atoms with Crippen molar-refractivity contribution >= 4 is 11.9 Å².